The lowest BCUT2D eigenvalue weighted by Gasteiger charge is -2.07. The fourth-order valence-electron chi connectivity index (χ4n) is 1.91. The van der Waals surface area contributed by atoms with Crippen molar-refractivity contribution in [1.82, 2.24) is 0 Å². The van der Waals surface area contributed by atoms with E-state index < -0.39 is 11.6 Å². The van der Waals surface area contributed by atoms with Crippen molar-refractivity contribution in [2.45, 2.75) is 13.8 Å². The number of ketones is 1. The lowest BCUT2D eigenvalue weighted by Crippen LogP contribution is -2.07. The van der Waals surface area contributed by atoms with E-state index in [0.29, 0.717) is 16.7 Å². The molecule has 0 aliphatic heterocycles. The van der Waals surface area contributed by atoms with Gasteiger partial charge in [-0.1, -0.05) is 32.0 Å². The van der Waals surface area contributed by atoms with Crippen molar-refractivity contribution in [3.63, 3.8) is 0 Å². The van der Waals surface area contributed by atoms with E-state index in [9.17, 15) is 13.6 Å². The predicted molar refractivity (Wildman–Crippen MR) is 71.0 cm³/mol. The molecule has 0 N–H and O–H groups in total. The molecule has 0 amide bonds. The number of carbonyl (C=O) groups excluding carboxylic acids is 1. The fourth-order valence-corrected chi connectivity index (χ4v) is 1.91. The van der Waals surface area contributed by atoms with Gasteiger partial charge >= 0.3 is 0 Å². The average Bonchev–Trinajstić information content (AvgIpc) is 2.36. The van der Waals surface area contributed by atoms with Gasteiger partial charge in [0, 0.05) is 17.5 Å². The maximum Gasteiger partial charge on any atom is 0.165 e. The van der Waals surface area contributed by atoms with Crippen LogP contribution in [0.2, 0.25) is 0 Å². The predicted octanol–water partition coefficient (Wildman–Crippen LogP) is 4.47. The minimum absolute atomic E-state index is 0.0127. The summed E-state index contributed by atoms with van der Waals surface area (Å²) in [5.41, 5.74) is 1.61. The molecule has 3 heteroatoms. The van der Waals surface area contributed by atoms with Crippen LogP contribution in [0.25, 0.3) is 11.1 Å². The summed E-state index contributed by atoms with van der Waals surface area (Å²) in [7, 11) is 0. The third-order valence-electron chi connectivity index (χ3n) is 2.87. The molecule has 19 heavy (non-hydrogen) atoms. The average molecular weight is 260 g/mol. The van der Waals surface area contributed by atoms with Crippen molar-refractivity contribution in [1.29, 1.82) is 0 Å². The van der Waals surface area contributed by atoms with Crippen LogP contribution in [-0.2, 0) is 0 Å². The van der Waals surface area contributed by atoms with Crippen LogP contribution in [0.1, 0.15) is 24.2 Å². The third-order valence-corrected chi connectivity index (χ3v) is 2.87. The number of hydrogen-bond acceptors (Lipinski definition) is 1. The maximum absolute atomic E-state index is 13.2. The standard InChI is InChI=1S/C16H14F2O/c1-10(2)16(19)12-5-3-4-11(6-12)13-7-14(17)9-15(18)8-13/h3-10H,1-2H3. The normalized spacial score (nSPS) is 10.8. The Morgan fingerprint density at radius 3 is 2.16 bits per heavy atom. The fraction of sp³-hybridized carbons (Fsp3) is 0.188. The Bertz CT molecular complexity index is 598. The lowest BCUT2D eigenvalue weighted by molar-refractivity contribution is 0.0939. The molecule has 0 aromatic heterocycles. The van der Waals surface area contributed by atoms with Crippen LogP contribution in [0.5, 0.6) is 0 Å². The van der Waals surface area contributed by atoms with E-state index in [1.165, 1.54) is 12.1 Å². The second-order valence-electron chi connectivity index (χ2n) is 4.76. The number of carbonyl (C=O) groups is 1. The Hall–Kier alpha value is -2.03. The molecule has 0 unspecified atom stereocenters. The summed E-state index contributed by atoms with van der Waals surface area (Å²) in [5, 5.41) is 0. The first kappa shape index (κ1) is 13.4. The van der Waals surface area contributed by atoms with Crippen molar-refractivity contribution in [3.8, 4) is 11.1 Å². The molecule has 0 fully saturated rings. The summed E-state index contributed by atoms with van der Waals surface area (Å²) in [6.07, 6.45) is 0. The Balaban J connectivity index is 2.46. The Morgan fingerprint density at radius 2 is 1.58 bits per heavy atom. The highest BCUT2D eigenvalue weighted by molar-refractivity contribution is 5.98. The van der Waals surface area contributed by atoms with Gasteiger partial charge < -0.3 is 0 Å². The van der Waals surface area contributed by atoms with Crippen LogP contribution in [-0.4, -0.2) is 5.78 Å². The topological polar surface area (TPSA) is 17.1 Å². The molecule has 0 radical (unpaired) electrons. The van der Waals surface area contributed by atoms with Crippen LogP contribution in [0.4, 0.5) is 8.78 Å². The van der Waals surface area contributed by atoms with Gasteiger partial charge in [0.1, 0.15) is 11.6 Å². The molecule has 0 saturated heterocycles. The first-order valence-corrected chi connectivity index (χ1v) is 6.08. The van der Waals surface area contributed by atoms with E-state index in [-0.39, 0.29) is 11.7 Å². The van der Waals surface area contributed by atoms with Gasteiger partial charge in [0.15, 0.2) is 5.78 Å². The Morgan fingerprint density at radius 1 is 0.947 bits per heavy atom. The molecule has 0 heterocycles. The van der Waals surface area contributed by atoms with Gasteiger partial charge in [0.05, 0.1) is 0 Å². The van der Waals surface area contributed by atoms with E-state index in [2.05, 4.69) is 0 Å². The van der Waals surface area contributed by atoms with Gasteiger partial charge in [-0.2, -0.15) is 0 Å². The molecule has 2 aromatic rings. The Labute approximate surface area is 110 Å². The highest BCUT2D eigenvalue weighted by atomic mass is 19.1. The molecular weight excluding hydrogens is 246 g/mol. The summed E-state index contributed by atoms with van der Waals surface area (Å²) < 4.78 is 26.4. The van der Waals surface area contributed by atoms with Crippen molar-refractivity contribution >= 4 is 5.78 Å². The molecule has 98 valence electrons. The van der Waals surface area contributed by atoms with Gasteiger partial charge in [-0.3, -0.25) is 4.79 Å². The Kier molecular flexibility index (Phi) is 3.74. The zero-order chi connectivity index (χ0) is 14.0. The monoisotopic (exact) mass is 260 g/mol. The van der Waals surface area contributed by atoms with Crippen molar-refractivity contribution in [2.24, 2.45) is 5.92 Å². The summed E-state index contributed by atoms with van der Waals surface area (Å²) in [5.74, 6) is -1.36. The van der Waals surface area contributed by atoms with Gasteiger partial charge in [-0.15, -0.1) is 0 Å². The second kappa shape index (κ2) is 5.31. The molecule has 0 aliphatic carbocycles. The summed E-state index contributed by atoms with van der Waals surface area (Å²) >= 11 is 0. The van der Waals surface area contributed by atoms with E-state index in [4.69, 9.17) is 0 Å². The third kappa shape index (κ3) is 3.05. The van der Waals surface area contributed by atoms with Gasteiger partial charge in [0.2, 0.25) is 0 Å². The minimum Gasteiger partial charge on any atom is -0.294 e. The van der Waals surface area contributed by atoms with Gasteiger partial charge in [-0.05, 0) is 29.3 Å². The highest BCUT2D eigenvalue weighted by Gasteiger charge is 2.11. The quantitative estimate of drug-likeness (QED) is 0.744. The molecule has 0 saturated carbocycles. The molecular formula is C16H14F2O. The van der Waals surface area contributed by atoms with E-state index in [1.54, 1.807) is 24.3 Å². The number of benzene rings is 2. The van der Waals surface area contributed by atoms with Gasteiger partial charge in [-0.25, -0.2) is 8.78 Å². The first-order valence-electron chi connectivity index (χ1n) is 6.08. The minimum atomic E-state index is -0.629. The van der Waals surface area contributed by atoms with Crippen LogP contribution >= 0.6 is 0 Å². The van der Waals surface area contributed by atoms with E-state index in [1.807, 2.05) is 13.8 Å². The highest BCUT2D eigenvalue weighted by Crippen LogP contribution is 2.23. The number of halogens is 2. The van der Waals surface area contributed by atoms with Crippen LogP contribution < -0.4 is 0 Å². The lowest BCUT2D eigenvalue weighted by atomic mass is 9.97. The van der Waals surface area contributed by atoms with Crippen LogP contribution in [0.3, 0.4) is 0 Å². The largest absolute Gasteiger partial charge is 0.294 e. The first-order chi connectivity index (χ1) is 8.97. The molecule has 2 aromatic carbocycles. The molecule has 0 aliphatic rings. The maximum atomic E-state index is 13.2. The number of Topliss-reactive ketones (excluding diaryl/α,β-unsaturated/α-hetero) is 1. The van der Waals surface area contributed by atoms with E-state index in [0.717, 1.165) is 6.07 Å². The smallest absolute Gasteiger partial charge is 0.165 e. The summed E-state index contributed by atoms with van der Waals surface area (Å²) in [4.78, 5) is 11.9. The summed E-state index contributed by atoms with van der Waals surface area (Å²) in [6.45, 7) is 3.63. The molecule has 0 spiro atoms. The molecule has 0 atom stereocenters. The summed E-state index contributed by atoms with van der Waals surface area (Å²) in [6, 6.07) is 10.1. The van der Waals surface area contributed by atoms with Crippen LogP contribution in [0, 0.1) is 17.6 Å². The zero-order valence-corrected chi connectivity index (χ0v) is 10.8. The van der Waals surface area contributed by atoms with Crippen molar-refractivity contribution in [2.75, 3.05) is 0 Å². The van der Waals surface area contributed by atoms with Crippen molar-refractivity contribution in [3.05, 3.63) is 59.7 Å². The second-order valence-corrected chi connectivity index (χ2v) is 4.76. The molecule has 1 nitrogen and oxygen atoms in total. The zero-order valence-electron chi connectivity index (χ0n) is 10.8. The van der Waals surface area contributed by atoms with E-state index >= 15 is 0 Å². The number of rotatable bonds is 3. The van der Waals surface area contributed by atoms with Crippen molar-refractivity contribution < 1.29 is 13.6 Å². The van der Waals surface area contributed by atoms with Gasteiger partial charge in [0.25, 0.3) is 0 Å². The van der Waals surface area contributed by atoms with Crippen LogP contribution in [0.15, 0.2) is 42.5 Å². The molecule has 0 bridgehead atoms. The SMILES string of the molecule is CC(C)C(=O)c1cccc(-c2cc(F)cc(F)c2)c1. The number of hydrogen-bond donors (Lipinski definition) is 0. The molecule has 2 rings (SSSR count).